The molecule has 2 N–H and O–H groups in total. The zero-order valence-electron chi connectivity index (χ0n) is 21.8. The summed E-state index contributed by atoms with van der Waals surface area (Å²) >= 11 is 12.2. The maximum atomic E-state index is 13.4. The van der Waals surface area contributed by atoms with Crippen LogP contribution >= 0.6 is 23.2 Å². The Balaban J connectivity index is 1.33. The van der Waals surface area contributed by atoms with Crippen LogP contribution in [0, 0.1) is 0 Å². The SMILES string of the molecule is O=C(COc1ccc(/C=N\NC(=O)CN(c2cc(Cl)cc(Cl)c2)S(=O)(=O)c2ccccc2)cc1)NC[C@H]1CCCO1. The molecule has 1 aliphatic rings. The van der Waals surface area contributed by atoms with Crippen molar-refractivity contribution in [1.82, 2.24) is 10.7 Å². The molecule has 1 fully saturated rings. The Morgan fingerprint density at radius 3 is 2.39 bits per heavy atom. The summed E-state index contributed by atoms with van der Waals surface area (Å²) in [7, 11) is -4.13. The average Bonchev–Trinajstić information content (AvgIpc) is 3.48. The second-order valence-electron chi connectivity index (χ2n) is 9.04. The molecule has 3 aromatic carbocycles. The van der Waals surface area contributed by atoms with E-state index in [2.05, 4.69) is 15.8 Å². The van der Waals surface area contributed by atoms with Crippen LogP contribution in [0.1, 0.15) is 18.4 Å². The number of hydrogen-bond acceptors (Lipinski definition) is 7. The minimum absolute atomic E-state index is 0.00461. The van der Waals surface area contributed by atoms with Gasteiger partial charge in [0.15, 0.2) is 6.61 Å². The minimum Gasteiger partial charge on any atom is -0.484 e. The molecule has 0 aromatic heterocycles. The largest absolute Gasteiger partial charge is 0.484 e. The fourth-order valence-corrected chi connectivity index (χ4v) is 5.89. The maximum Gasteiger partial charge on any atom is 0.264 e. The van der Waals surface area contributed by atoms with Crippen LogP contribution in [-0.2, 0) is 24.3 Å². The van der Waals surface area contributed by atoms with Gasteiger partial charge in [0.25, 0.3) is 21.8 Å². The molecule has 3 aromatic rings. The first-order valence-corrected chi connectivity index (χ1v) is 14.9. The van der Waals surface area contributed by atoms with E-state index in [4.69, 9.17) is 32.7 Å². The Hall–Kier alpha value is -3.64. The Morgan fingerprint density at radius 2 is 1.73 bits per heavy atom. The zero-order chi connectivity index (χ0) is 29.2. The van der Waals surface area contributed by atoms with Crippen molar-refractivity contribution in [2.45, 2.75) is 23.8 Å². The predicted octanol–water partition coefficient (Wildman–Crippen LogP) is 4.01. The van der Waals surface area contributed by atoms with Crippen molar-refractivity contribution >= 4 is 56.9 Å². The molecule has 4 rings (SSSR count). The maximum absolute atomic E-state index is 13.4. The number of nitrogens with zero attached hydrogens (tertiary/aromatic N) is 2. The molecular weight excluding hydrogens is 591 g/mol. The van der Waals surface area contributed by atoms with Gasteiger partial charge in [0.1, 0.15) is 12.3 Å². The lowest BCUT2D eigenvalue weighted by molar-refractivity contribution is -0.123. The van der Waals surface area contributed by atoms with Gasteiger partial charge in [-0.1, -0.05) is 41.4 Å². The van der Waals surface area contributed by atoms with Crippen LogP contribution < -0.4 is 19.8 Å². The number of carbonyl (C=O) groups is 2. The molecule has 1 atom stereocenters. The molecule has 0 aliphatic carbocycles. The summed E-state index contributed by atoms with van der Waals surface area (Å²) in [6.45, 7) is 0.485. The van der Waals surface area contributed by atoms with E-state index in [0.29, 0.717) is 17.9 Å². The molecule has 0 unspecified atom stereocenters. The standard InChI is InChI=1S/C28H28Cl2N4O6S/c29-21-13-22(30)15-23(14-21)34(41(37,38)26-6-2-1-3-7-26)18-27(35)33-32-16-20-8-10-24(11-9-20)40-19-28(36)31-17-25-5-4-12-39-25/h1-3,6-11,13-16,25H,4-5,12,17-19H2,(H,31,36)(H,33,35)/b32-16-/t25-/m1/s1. The summed E-state index contributed by atoms with van der Waals surface area (Å²) < 4.78 is 38.7. The van der Waals surface area contributed by atoms with Crippen molar-refractivity contribution in [2.75, 3.05) is 30.6 Å². The van der Waals surface area contributed by atoms with Crippen molar-refractivity contribution in [3.05, 3.63) is 88.4 Å². The van der Waals surface area contributed by atoms with Crippen molar-refractivity contribution in [3.63, 3.8) is 0 Å². The van der Waals surface area contributed by atoms with Crippen LogP contribution in [0.2, 0.25) is 10.0 Å². The summed E-state index contributed by atoms with van der Waals surface area (Å²) in [6, 6.07) is 18.7. The molecular formula is C28H28Cl2N4O6S. The second kappa shape index (κ2) is 14.3. The number of rotatable bonds is 12. The van der Waals surface area contributed by atoms with Gasteiger partial charge in [0.2, 0.25) is 0 Å². The number of amides is 2. The van der Waals surface area contributed by atoms with E-state index in [1.54, 1.807) is 42.5 Å². The molecule has 0 saturated carbocycles. The van der Waals surface area contributed by atoms with E-state index in [9.17, 15) is 18.0 Å². The van der Waals surface area contributed by atoms with Crippen molar-refractivity contribution < 1.29 is 27.5 Å². The Kier molecular flexibility index (Phi) is 10.6. The van der Waals surface area contributed by atoms with Crippen molar-refractivity contribution in [2.24, 2.45) is 5.10 Å². The Morgan fingerprint density at radius 1 is 1.02 bits per heavy atom. The van der Waals surface area contributed by atoms with E-state index < -0.39 is 22.5 Å². The second-order valence-corrected chi connectivity index (χ2v) is 11.8. The number of carbonyl (C=O) groups excluding carboxylic acids is 2. The zero-order valence-corrected chi connectivity index (χ0v) is 24.2. The lowest BCUT2D eigenvalue weighted by Gasteiger charge is -2.24. The number of sulfonamides is 1. The number of anilines is 1. The van der Waals surface area contributed by atoms with E-state index >= 15 is 0 Å². The first-order chi connectivity index (χ1) is 19.7. The van der Waals surface area contributed by atoms with Gasteiger partial charge < -0.3 is 14.8 Å². The highest BCUT2D eigenvalue weighted by Gasteiger charge is 2.27. The van der Waals surface area contributed by atoms with Gasteiger partial charge >= 0.3 is 0 Å². The molecule has 1 aliphatic heterocycles. The molecule has 0 spiro atoms. The summed E-state index contributed by atoms with van der Waals surface area (Å²) in [5.41, 5.74) is 3.10. The van der Waals surface area contributed by atoms with E-state index in [-0.39, 0.29) is 39.2 Å². The molecule has 2 amide bonds. The normalized spacial score (nSPS) is 15.0. The minimum atomic E-state index is -4.13. The molecule has 216 valence electrons. The third-order valence-corrected chi connectivity index (χ3v) is 8.18. The molecule has 10 nitrogen and oxygen atoms in total. The monoisotopic (exact) mass is 618 g/mol. The lowest BCUT2D eigenvalue weighted by atomic mass is 10.2. The molecule has 41 heavy (non-hydrogen) atoms. The molecule has 0 bridgehead atoms. The van der Waals surface area contributed by atoms with Gasteiger partial charge in [-0.2, -0.15) is 5.10 Å². The number of hydrogen-bond donors (Lipinski definition) is 2. The van der Waals surface area contributed by atoms with Gasteiger partial charge in [-0.15, -0.1) is 0 Å². The lowest BCUT2D eigenvalue weighted by Crippen LogP contribution is -2.39. The molecule has 0 radical (unpaired) electrons. The highest BCUT2D eigenvalue weighted by molar-refractivity contribution is 7.92. The Bertz CT molecular complexity index is 1460. The van der Waals surface area contributed by atoms with Crippen LogP contribution in [0.15, 0.2) is 82.8 Å². The fraction of sp³-hybridized carbons (Fsp3) is 0.250. The fourth-order valence-electron chi connectivity index (χ4n) is 3.95. The summed E-state index contributed by atoms with van der Waals surface area (Å²) in [5.74, 6) is -0.441. The topological polar surface area (TPSA) is 126 Å². The first kappa shape index (κ1) is 30.3. The van der Waals surface area contributed by atoms with E-state index in [1.165, 1.54) is 36.5 Å². The highest BCUT2D eigenvalue weighted by atomic mass is 35.5. The Labute approximate surface area is 248 Å². The van der Waals surface area contributed by atoms with Crippen molar-refractivity contribution in [3.8, 4) is 5.75 Å². The van der Waals surface area contributed by atoms with Gasteiger partial charge in [-0.3, -0.25) is 13.9 Å². The molecule has 1 heterocycles. The van der Waals surface area contributed by atoms with Gasteiger partial charge in [0.05, 0.1) is 22.9 Å². The van der Waals surface area contributed by atoms with Crippen LogP contribution in [0.5, 0.6) is 5.75 Å². The van der Waals surface area contributed by atoms with Crippen LogP contribution in [0.4, 0.5) is 5.69 Å². The summed E-state index contributed by atoms with van der Waals surface area (Å²) in [4.78, 5) is 24.7. The van der Waals surface area contributed by atoms with Gasteiger partial charge in [-0.25, -0.2) is 13.8 Å². The van der Waals surface area contributed by atoms with E-state index in [0.717, 1.165) is 23.8 Å². The third-order valence-electron chi connectivity index (χ3n) is 5.96. The van der Waals surface area contributed by atoms with Crippen LogP contribution in [-0.4, -0.2) is 58.9 Å². The van der Waals surface area contributed by atoms with Gasteiger partial charge in [-0.05, 0) is 73.0 Å². The van der Waals surface area contributed by atoms with Crippen LogP contribution in [0.25, 0.3) is 0 Å². The van der Waals surface area contributed by atoms with Gasteiger partial charge in [0, 0.05) is 23.2 Å². The number of nitrogens with one attached hydrogen (secondary N) is 2. The highest BCUT2D eigenvalue weighted by Crippen LogP contribution is 2.29. The number of ether oxygens (including phenoxy) is 2. The number of hydrazone groups is 1. The third kappa shape index (κ3) is 8.92. The summed E-state index contributed by atoms with van der Waals surface area (Å²) in [5, 5.41) is 7.14. The molecule has 13 heteroatoms. The molecule has 1 saturated heterocycles. The first-order valence-electron chi connectivity index (χ1n) is 12.7. The van der Waals surface area contributed by atoms with E-state index in [1.807, 2.05) is 0 Å². The van der Waals surface area contributed by atoms with Crippen LogP contribution in [0.3, 0.4) is 0 Å². The smallest absolute Gasteiger partial charge is 0.264 e. The summed E-state index contributed by atoms with van der Waals surface area (Å²) in [6.07, 6.45) is 3.39. The quantitative estimate of drug-likeness (QED) is 0.233. The average molecular weight is 620 g/mol. The predicted molar refractivity (Wildman–Crippen MR) is 157 cm³/mol. The number of halogens is 2. The van der Waals surface area contributed by atoms with Crippen molar-refractivity contribution in [1.29, 1.82) is 0 Å². The number of benzene rings is 3.